The van der Waals surface area contributed by atoms with Crippen molar-refractivity contribution in [1.29, 1.82) is 0 Å². The van der Waals surface area contributed by atoms with Gasteiger partial charge in [0, 0.05) is 11.1 Å². The summed E-state index contributed by atoms with van der Waals surface area (Å²) < 4.78 is 5.99. The van der Waals surface area contributed by atoms with Gasteiger partial charge in [-0.05, 0) is 36.2 Å². The van der Waals surface area contributed by atoms with Crippen molar-refractivity contribution in [2.24, 2.45) is 5.73 Å². The lowest BCUT2D eigenvalue weighted by molar-refractivity contribution is -0.385. The summed E-state index contributed by atoms with van der Waals surface area (Å²) in [5.74, 6) is 0.322. The minimum atomic E-state index is -0.476. The molecule has 1 aromatic rings. The van der Waals surface area contributed by atoms with Crippen LogP contribution in [-0.4, -0.2) is 22.1 Å². The maximum Gasteiger partial charge on any atom is 0.291 e. The molecule has 6 nitrogen and oxygen atoms in total. The van der Waals surface area contributed by atoms with Crippen LogP contribution in [0.3, 0.4) is 0 Å². The van der Waals surface area contributed by atoms with Gasteiger partial charge in [-0.2, -0.15) is 0 Å². The summed E-state index contributed by atoms with van der Waals surface area (Å²) in [6.07, 6.45) is 1.95. The Kier molecular flexibility index (Phi) is 4.64. The molecule has 0 saturated heterocycles. The molecule has 0 fully saturated rings. The molecule has 1 atom stereocenters. The van der Waals surface area contributed by atoms with Crippen LogP contribution >= 0.6 is 15.9 Å². The number of aromatic nitrogens is 1. The third-order valence-corrected chi connectivity index (χ3v) is 3.68. The normalized spacial score (nSPS) is 14.1. The van der Waals surface area contributed by atoms with Crippen molar-refractivity contribution in [2.75, 3.05) is 6.61 Å². The predicted molar refractivity (Wildman–Crippen MR) is 71.7 cm³/mol. The SMILES string of the molecule is CCC(C)(N)COc1ncc([N+](=O)[O-])c(C)c1Br. The van der Waals surface area contributed by atoms with Gasteiger partial charge in [0.2, 0.25) is 5.88 Å². The predicted octanol–water partition coefficient (Wildman–Crippen LogP) is 2.57. The van der Waals surface area contributed by atoms with E-state index in [-0.39, 0.29) is 5.69 Å². The molecule has 1 heterocycles. The molecule has 1 unspecified atom stereocenters. The van der Waals surface area contributed by atoms with Gasteiger partial charge in [0.05, 0.1) is 9.40 Å². The topological polar surface area (TPSA) is 91.3 Å². The molecule has 100 valence electrons. The summed E-state index contributed by atoms with van der Waals surface area (Å²) in [6, 6.07) is 0. The van der Waals surface area contributed by atoms with Crippen LogP contribution in [0.4, 0.5) is 5.69 Å². The summed E-state index contributed by atoms with van der Waals surface area (Å²) in [6.45, 7) is 5.77. The Hall–Kier alpha value is -1.21. The van der Waals surface area contributed by atoms with Crippen molar-refractivity contribution in [1.82, 2.24) is 4.98 Å². The van der Waals surface area contributed by atoms with Crippen LogP contribution in [0.25, 0.3) is 0 Å². The number of rotatable bonds is 5. The molecule has 0 aliphatic heterocycles. The minimum Gasteiger partial charge on any atom is -0.475 e. The molecular formula is C11H16BrN3O3. The second kappa shape index (κ2) is 5.62. The first-order valence-corrected chi connectivity index (χ1v) is 6.29. The van der Waals surface area contributed by atoms with Crippen molar-refractivity contribution in [3.8, 4) is 5.88 Å². The van der Waals surface area contributed by atoms with Gasteiger partial charge in [0.25, 0.3) is 5.69 Å². The van der Waals surface area contributed by atoms with Gasteiger partial charge in [0.15, 0.2) is 0 Å². The molecule has 18 heavy (non-hydrogen) atoms. The molecule has 0 aliphatic carbocycles. The third-order valence-electron chi connectivity index (χ3n) is 2.75. The molecule has 0 bridgehead atoms. The van der Waals surface area contributed by atoms with Gasteiger partial charge >= 0.3 is 0 Å². The average molecular weight is 318 g/mol. The highest BCUT2D eigenvalue weighted by molar-refractivity contribution is 9.10. The molecule has 7 heteroatoms. The highest BCUT2D eigenvalue weighted by Crippen LogP contribution is 2.32. The van der Waals surface area contributed by atoms with Gasteiger partial charge in [-0.1, -0.05) is 6.92 Å². The van der Waals surface area contributed by atoms with Gasteiger partial charge in [-0.15, -0.1) is 0 Å². The molecular weight excluding hydrogens is 302 g/mol. The first-order chi connectivity index (χ1) is 8.28. The van der Waals surface area contributed by atoms with E-state index in [1.54, 1.807) is 6.92 Å². The van der Waals surface area contributed by atoms with Gasteiger partial charge in [0.1, 0.15) is 12.8 Å². The highest BCUT2D eigenvalue weighted by atomic mass is 79.9. The van der Waals surface area contributed by atoms with Crippen LogP contribution in [-0.2, 0) is 0 Å². The van der Waals surface area contributed by atoms with Gasteiger partial charge in [-0.3, -0.25) is 10.1 Å². The Bertz CT molecular complexity index is 463. The Labute approximate surface area is 114 Å². The summed E-state index contributed by atoms with van der Waals surface area (Å²) >= 11 is 3.26. The number of ether oxygens (including phenoxy) is 1. The van der Waals surface area contributed by atoms with Crippen LogP contribution in [0.5, 0.6) is 5.88 Å². The zero-order valence-corrected chi connectivity index (χ0v) is 12.2. The summed E-state index contributed by atoms with van der Waals surface area (Å²) in [4.78, 5) is 14.2. The lowest BCUT2D eigenvalue weighted by atomic mass is 10.0. The van der Waals surface area contributed by atoms with Crippen molar-refractivity contribution < 1.29 is 9.66 Å². The lowest BCUT2D eigenvalue weighted by Crippen LogP contribution is -2.41. The Balaban J connectivity index is 2.93. The molecule has 0 spiro atoms. The Morgan fingerprint density at radius 1 is 1.67 bits per heavy atom. The maximum absolute atomic E-state index is 10.7. The lowest BCUT2D eigenvalue weighted by Gasteiger charge is -2.22. The number of nitro groups is 1. The second-order valence-electron chi connectivity index (χ2n) is 4.44. The molecule has 1 aromatic heterocycles. The number of nitrogens with two attached hydrogens (primary N) is 1. The second-order valence-corrected chi connectivity index (χ2v) is 5.23. The number of nitrogens with zero attached hydrogens (tertiary/aromatic N) is 2. The van der Waals surface area contributed by atoms with Crippen molar-refractivity contribution >= 4 is 21.6 Å². The maximum atomic E-state index is 10.7. The molecule has 0 radical (unpaired) electrons. The van der Waals surface area contributed by atoms with Crippen molar-refractivity contribution in [3.05, 3.63) is 26.3 Å². The average Bonchev–Trinajstić information content (AvgIpc) is 2.30. The standard InChI is InChI=1S/C11H16BrN3O3/c1-4-11(3,13)6-18-10-9(12)7(2)8(5-14-10)15(16)17/h5H,4,6,13H2,1-3H3. The summed E-state index contributed by atoms with van der Waals surface area (Å²) in [7, 11) is 0. The van der Waals surface area contributed by atoms with Crippen molar-refractivity contribution in [2.45, 2.75) is 32.7 Å². The molecule has 2 N–H and O–H groups in total. The molecule has 0 saturated carbocycles. The monoisotopic (exact) mass is 317 g/mol. The first kappa shape index (κ1) is 14.8. The quantitative estimate of drug-likeness (QED) is 0.665. The van der Waals surface area contributed by atoms with E-state index in [1.807, 2.05) is 13.8 Å². The zero-order valence-electron chi connectivity index (χ0n) is 10.6. The molecule has 1 rings (SSSR count). The Morgan fingerprint density at radius 2 is 2.28 bits per heavy atom. The number of hydrogen-bond donors (Lipinski definition) is 1. The molecule has 0 aliphatic rings. The van der Waals surface area contributed by atoms with Crippen LogP contribution in [0, 0.1) is 17.0 Å². The smallest absolute Gasteiger partial charge is 0.291 e. The summed E-state index contributed by atoms with van der Waals surface area (Å²) in [5.41, 5.74) is 5.95. The first-order valence-electron chi connectivity index (χ1n) is 5.49. The fourth-order valence-corrected chi connectivity index (χ4v) is 1.59. The Morgan fingerprint density at radius 3 is 2.78 bits per heavy atom. The molecule has 0 amide bonds. The van der Waals surface area contributed by atoms with Crippen LogP contribution in [0.1, 0.15) is 25.8 Å². The van der Waals surface area contributed by atoms with E-state index in [0.717, 1.165) is 6.42 Å². The van der Waals surface area contributed by atoms with E-state index >= 15 is 0 Å². The number of pyridine rings is 1. The molecule has 0 aromatic carbocycles. The highest BCUT2D eigenvalue weighted by Gasteiger charge is 2.21. The van der Waals surface area contributed by atoms with Gasteiger partial charge < -0.3 is 10.5 Å². The minimum absolute atomic E-state index is 0.0415. The fraction of sp³-hybridized carbons (Fsp3) is 0.545. The summed E-state index contributed by atoms with van der Waals surface area (Å²) in [5, 5.41) is 10.7. The van der Waals surface area contributed by atoms with Gasteiger partial charge in [-0.25, -0.2) is 4.98 Å². The van der Waals surface area contributed by atoms with Crippen LogP contribution in [0.15, 0.2) is 10.7 Å². The van der Waals surface area contributed by atoms with Crippen LogP contribution < -0.4 is 10.5 Å². The fourth-order valence-electron chi connectivity index (χ4n) is 1.17. The van der Waals surface area contributed by atoms with Crippen molar-refractivity contribution in [3.63, 3.8) is 0 Å². The van der Waals surface area contributed by atoms with E-state index in [2.05, 4.69) is 20.9 Å². The third kappa shape index (κ3) is 3.39. The van der Waals surface area contributed by atoms with E-state index in [1.165, 1.54) is 6.20 Å². The van der Waals surface area contributed by atoms with E-state index < -0.39 is 10.5 Å². The van der Waals surface area contributed by atoms with E-state index in [0.29, 0.717) is 22.5 Å². The number of halogens is 1. The van der Waals surface area contributed by atoms with Crippen LogP contribution in [0.2, 0.25) is 0 Å². The van der Waals surface area contributed by atoms with E-state index in [9.17, 15) is 10.1 Å². The largest absolute Gasteiger partial charge is 0.475 e. The van der Waals surface area contributed by atoms with E-state index in [4.69, 9.17) is 10.5 Å². The number of hydrogen-bond acceptors (Lipinski definition) is 5. The zero-order chi connectivity index (χ0) is 13.9.